The van der Waals surface area contributed by atoms with Crippen LogP contribution >= 0.6 is 0 Å². The quantitative estimate of drug-likeness (QED) is 0.789. The first-order valence-electron chi connectivity index (χ1n) is 4.40. The second-order valence-electron chi connectivity index (χ2n) is 4.22. The van der Waals surface area contributed by atoms with Gasteiger partial charge in [-0.1, -0.05) is 0 Å². The van der Waals surface area contributed by atoms with Gasteiger partial charge in [0.05, 0.1) is 0 Å². The van der Waals surface area contributed by atoms with E-state index in [1.54, 1.807) is 0 Å². The van der Waals surface area contributed by atoms with Crippen LogP contribution in [-0.4, -0.2) is 9.97 Å². The average molecular weight is 278 g/mol. The Kier molecular flexibility index (Phi) is 1.97. The van der Waals surface area contributed by atoms with Gasteiger partial charge in [-0.2, -0.15) is 0 Å². The van der Waals surface area contributed by atoms with Gasteiger partial charge in [-0.3, -0.25) is 0 Å². The summed E-state index contributed by atoms with van der Waals surface area (Å²) in [6, 6.07) is 8.56. The summed E-state index contributed by atoms with van der Waals surface area (Å²) < 4.78 is 2.79. The van der Waals surface area contributed by atoms with E-state index < -0.39 is 13.6 Å². The summed E-state index contributed by atoms with van der Waals surface area (Å²) in [6.07, 6.45) is 4.02. The molecule has 0 bridgehead atoms. The van der Waals surface area contributed by atoms with E-state index in [2.05, 4.69) is 50.8 Å². The molecular formula is C11H17N2Ru. The molecular weight excluding hydrogens is 261 g/mol. The first kappa shape index (κ1) is 9.73. The Labute approximate surface area is 85.5 Å². The van der Waals surface area contributed by atoms with Gasteiger partial charge in [0.2, 0.25) is 0 Å². The molecule has 2 nitrogen and oxygen atoms in total. The molecule has 0 saturated carbocycles. The van der Waals surface area contributed by atoms with Crippen LogP contribution in [0.5, 0.6) is 0 Å². The van der Waals surface area contributed by atoms with E-state index in [9.17, 15) is 0 Å². The standard InChI is InChI=1S/2C4H4N.3CH3.Ru/c2*1-2-4-5-3-1;;;;/h2*1-3,5H;3*1H3;. The third-order valence-corrected chi connectivity index (χ3v) is 10.1. The minimum atomic E-state index is -2.49. The molecule has 3 heteroatoms. The number of hydrogen-bond donors (Lipinski definition) is 2. The van der Waals surface area contributed by atoms with Gasteiger partial charge in [0.1, 0.15) is 0 Å². The van der Waals surface area contributed by atoms with Gasteiger partial charge in [0, 0.05) is 0 Å². The number of aromatic amines is 2. The van der Waals surface area contributed by atoms with E-state index in [-0.39, 0.29) is 0 Å². The van der Waals surface area contributed by atoms with Crippen LogP contribution in [0.15, 0.2) is 36.7 Å². The van der Waals surface area contributed by atoms with Gasteiger partial charge in [-0.25, -0.2) is 0 Å². The Hall–Kier alpha value is -0.817. The van der Waals surface area contributed by atoms with Crippen molar-refractivity contribution >= 4 is 8.58 Å². The fraction of sp³-hybridized carbons (Fsp3) is 0.273. The summed E-state index contributed by atoms with van der Waals surface area (Å²) in [5.74, 6) is 0. The summed E-state index contributed by atoms with van der Waals surface area (Å²) in [5.41, 5.74) is 7.19. The molecule has 0 aliphatic carbocycles. The van der Waals surface area contributed by atoms with Crippen LogP contribution in [0, 0.1) is 0 Å². The fourth-order valence-corrected chi connectivity index (χ4v) is 6.39. The van der Waals surface area contributed by atoms with Crippen molar-refractivity contribution < 1.29 is 13.6 Å². The van der Waals surface area contributed by atoms with Gasteiger partial charge in [0.15, 0.2) is 0 Å². The zero-order valence-electron chi connectivity index (χ0n) is 8.82. The maximum absolute atomic E-state index is 3.37. The average Bonchev–Trinajstić information content (AvgIpc) is 2.78. The SMILES string of the molecule is [CH3][Ru]([CH3])([CH3])([c]1ccc[nH]1)[c]1ccc[nH]1. The summed E-state index contributed by atoms with van der Waals surface area (Å²) in [5, 5.41) is 0. The van der Waals surface area contributed by atoms with Crippen molar-refractivity contribution in [2.45, 2.75) is 16.6 Å². The number of H-pyrrole nitrogens is 2. The van der Waals surface area contributed by atoms with Crippen LogP contribution in [0.1, 0.15) is 0 Å². The molecule has 0 aliphatic heterocycles. The van der Waals surface area contributed by atoms with Crippen molar-refractivity contribution in [3.8, 4) is 0 Å². The molecule has 2 heterocycles. The summed E-state index contributed by atoms with van der Waals surface area (Å²) in [7, 11) is 0. The zero-order valence-corrected chi connectivity index (χ0v) is 10.6. The number of nitrogens with one attached hydrogen (secondary N) is 2. The number of aromatic nitrogens is 2. The summed E-state index contributed by atoms with van der Waals surface area (Å²) in [4.78, 5) is 6.73. The second-order valence-corrected chi connectivity index (χ2v) is 17.0. The van der Waals surface area contributed by atoms with E-state index in [0.717, 1.165) is 0 Å². The molecule has 0 saturated heterocycles. The Morgan fingerprint density at radius 3 is 1.57 bits per heavy atom. The van der Waals surface area contributed by atoms with E-state index in [1.807, 2.05) is 12.4 Å². The molecule has 0 amide bonds. The maximum atomic E-state index is 3.37. The molecule has 2 aromatic heterocycles. The Morgan fingerprint density at radius 1 is 0.857 bits per heavy atom. The van der Waals surface area contributed by atoms with Crippen LogP contribution in [0.3, 0.4) is 0 Å². The van der Waals surface area contributed by atoms with E-state index in [4.69, 9.17) is 0 Å². The molecule has 0 radical (unpaired) electrons. The first-order valence-corrected chi connectivity index (χ1v) is 11.4. The van der Waals surface area contributed by atoms with Gasteiger partial charge in [-0.15, -0.1) is 0 Å². The Balaban J connectivity index is 2.59. The molecule has 0 aromatic carbocycles. The molecule has 2 aromatic rings. The van der Waals surface area contributed by atoms with Gasteiger partial charge < -0.3 is 0 Å². The Bertz CT molecular complexity index is 366. The fourth-order valence-electron chi connectivity index (χ4n) is 1.48. The van der Waals surface area contributed by atoms with Crippen molar-refractivity contribution in [1.82, 2.24) is 9.97 Å². The van der Waals surface area contributed by atoms with Crippen molar-refractivity contribution in [3.05, 3.63) is 36.7 Å². The van der Waals surface area contributed by atoms with E-state index in [1.165, 1.54) is 8.58 Å². The van der Waals surface area contributed by atoms with Gasteiger partial charge in [0.25, 0.3) is 0 Å². The Morgan fingerprint density at radius 2 is 1.29 bits per heavy atom. The van der Waals surface area contributed by atoms with Crippen LogP contribution in [0.2, 0.25) is 16.6 Å². The third kappa shape index (κ3) is 1.36. The monoisotopic (exact) mass is 279 g/mol. The first-order chi connectivity index (χ1) is 6.49. The normalized spacial score (nSPS) is 14.9. The molecule has 2 rings (SSSR count). The van der Waals surface area contributed by atoms with E-state index >= 15 is 0 Å². The zero-order chi connectivity index (χ0) is 10.3. The van der Waals surface area contributed by atoms with Crippen molar-refractivity contribution in [3.63, 3.8) is 0 Å². The minimum absolute atomic E-state index is 1.39. The predicted octanol–water partition coefficient (Wildman–Crippen LogP) is 2.13. The van der Waals surface area contributed by atoms with Crippen LogP contribution < -0.4 is 8.58 Å². The summed E-state index contributed by atoms with van der Waals surface area (Å²) in [6.45, 7) is 0. The van der Waals surface area contributed by atoms with E-state index in [0.29, 0.717) is 0 Å². The van der Waals surface area contributed by atoms with Crippen LogP contribution in [0.4, 0.5) is 0 Å². The van der Waals surface area contributed by atoms with Gasteiger partial charge in [-0.05, 0) is 0 Å². The predicted molar refractivity (Wildman–Crippen MR) is 58.4 cm³/mol. The van der Waals surface area contributed by atoms with Gasteiger partial charge >= 0.3 is 85.4 Å². The van der Waals surface area contributed by atoms with Crippen LogP contribution in [-0.2, 0) is 13.6 Å². The molecule has 0 unspecified atom stereocenters. The second kappa shape index (κ2) is 2.84. The molecule has 79 valence electrons. The van der Waals surface area contributed by atoms with Crippen LogP contribution in [0.25, 0.3) is 0 Å². The molecule has 0 fully saturated rings. The summed E-state index contributed by atoms with van der Waals surface area (Å²) >= 11 is -2.49. The molecule has 0 aliphatic rings. The topological polar surface area (TPSA) is 31.6 Å². The van der Waals surface area contributed by atoms with Crippen molar-refractivity contribution in [2.75, 3.05) is 0 Å². The van der Waals surface area contributed by atoms with Crippen molar-refractivity contribution in [1.29, 1.82) is 0 Å². The molecule has 14 heavy (non-hydrogen) atoms. The third-order valence-electron chi connectivity index (χ3n) is 2.44. The molecule has 0 atom stereocenters. The molecule has 2 N–H and O–H groups in total. The number of rotatable bonds is 2. The van der Waals surface area contributed by atoms with Crippen molar-refractivity contribution in [2.24, 2.45) is 0 Å². The number of hydrogen-bond acceptors (Lipinski definition) is 0. The molecule has 0 spiro atoms.